The van der Waals surface area contributed by atoms with Crippen LogP contribution in [0.5, 0.6) is 0 Å². The van der Waals surface area contributed by atoms with Gasteiger partial charge in [-0.15, -0.1) is 0 Å². The summed E-state index contributed by atoms with van der Waals surface area (Å²) >= 11 is 6.82. The zero-order valence-electron chi connectivity index (χ0n) is 9.86. The molecule has 96 valence electrons. The van der Waals surface area contributed by atoms with E-state index in [4.69, 9.17) is 0 Å². The number of aromatic nitrogens is 2. The molecule has 0 aromatic carbocycles. The maximum atomic E-state index is 12.2. The lowest BCUT2D eigenvalue weighted by atomic mass is 10.1. The van der Waals surface area contributed by atoms with Crippen LogP contribution in [0.1, 0.15) is 17.3 Å². The number of pyridine rings is 1. The molecule has 2 aromatic heterocycles. The van der Waals surface area contributed by atoms with Gasteiger partial charge in [0.2, 0.25) is 0 Å². The minimum Gasteiger partial charge on any atom is -0.345 e. The van der Waals surface area contributed by atoms with Crippen LogP contribution >= 0.6 is 31.9 Å². The van der Waals surface area contributed by atoms with Crippen molar-refractivity contribution < 1.29 is 4.79 Å². The van der Waals surface area contributed by atoms with Gasteiger partial charge >= 0.3 is 0 Å². The van der Waals surface area contributed by atoms with Gasteiger partial charge in [-0.05, 0) is 19.1 Å². The quantitative estimate of drug-likeness (QED) is 0.836. The number of hydrogen-bond acceptors (Lipinski definition) is 2. The van der Waals surface area contributed by atoms with E-state index in [9.17, 15) is 4.79 Å². The van der Waals surface area contributed by atoms with Gasteiger partial charge in [-0.3, -0.25) is 4.79 Å². The van der Waals surface area contributed by atoms with Crippen molar-refractivity contribution in [3.63, 3.8) is 0 Å². The molecule has 1 amide bonds. The van der Waals surface area contributed by atoms with E-state index < -0.39 is 0 Å². The molecular formula is C12H13Br2N3O. The second kappa shape index (κ2) is 5.40. The van der Waals surface area contributed by atoms with Crippen LogP contribution in [0.15, 0.2) is 30.6 Å². The van der Waals surface area contributed by atoms with Crippen LogP contribution < -0.4 is 5.32 Å². The molecule has 0 aliphatic rings. The van der Waals surface area contributed by atoms with E-state index in [2.05, 4.69) is 42.3 Å². The largest absolute Gasteiger partial charge is 0.345 e. The summed E-state index contributed by atoms with van der Waals surface area (Å²) in [7, 11) is 0. The lowest BCUT2D eigenvalue weighted by molar-refractivity contribution is 0.0924. The van der Waals surface area contributed by atoms with Gasteiger partial charge in [-0.25, -0.2) is 4.52 Å². The van der Waals surface area contributed by atoms with Crippen molar-refractivity contribution in [3.05, 3.63) is 36.2 Å². The lowest BCUT2D eigenvalue weighted by Gasteiger charge is -2.26. The van der Waals surface area contributed by atoms with Crippen molar-refractivity contribution in [2.24, 2.45) is 0 Å². The third kappa shape index (κ3) is 2.59. The highest BCUT2D eigenvalue weighted by Crippen LogP contribution is 2.15. The topological polar surface area (TPSA) is 46.4 Å². The van der Waals surface area contributed by atoms with Crippen LogP contribution in [0, 0.1) is 0 Å². The Balaban J connectivity index is 2.29. The molecule has 1 N–H and O–H groups in total. The zero-order chi connectivity index (χ0) is 13.2. The number of alkyl halides is 2. The number of halogens is 2. The molecule has 2 aromatic rings. The standard InChI is InChI=1S/C12H13Br2N3O/c1-12(7-13,8-14)16-11(18)9-6-15-17-5-3-2-4-10(9)17/h2-6H,7-8H2,1H3,(H,16,18). The van der Waals surface area contributed by atoms with Crippen molar-refractivity contribution in [1.82, 2.24) is 14.9 Å². The van der Waals surface area contributed by atoms with Gasteiger partial charge in [0.15, 0.2) is 0 Å². The van der Waals surface area contributed by atoms with Gasteiger partial charge in [0.05, 0.1) is 22.8 Å². The fourth-order valence-corrected chi connectivity index (χ4v) is 2.76. The van der Waals surface area contributed by atoms with Crippen LogP contribution in [0.2, 0.25) is 0 Å². The Kier molecular flexibility index (Phi) is 4.07. The molecule has 0 spiro atoms. The van der Waals surface area contributed by atoms with Gasteiger partial charge in [0.1, 0.15) is 0 Å². The summed E-state index contributed by atoms with van der Waals surface area (Å²) in [6.45, 7) is 1.97. The maximum absolute atomic E-state index is 12.2. The summed E-state index contributed by atoms with van der Waals surface area (Å²) in [5.41, 5.74) is 1.07. The smallest absolute Gasteiger partial charge is 0.255 e. The zero-order valence-corrected chi connectivity index (χ0v) is 13.0. The molecule has 0 bridgehead atoms. The van der Waals surface area contributed by atoms with Crippen molar-refractivity contribution in [3.8, 4) is 0 Å². The Bertz CT molecular complexity index is 563. The molecule has 0 unspecified atom stereocenters. The average Bonchev–Trinajstić information content (AvgIpc) is 2.82. The van der Waals surface area contributed by atoms with E-state index in [1.165, 1.54) is 0 Å². The third-order valence-electron chi connectivity index (χ3n) is 2.68. The molecule has 0 fully saturated rings. The van der Waals surface area contributed by atoms with Crippen LogP contribution in [-0.4, -0.2) is 31.7 Å². The number of carbonyl (C=O) groups excluding carboxylic acids is 1. The molecule has 0 saturated heterocycles. The predicted molar refractivity (Wildman–Crippen MR) is 78.7 cm³/mol. The molecule has 4 nitrogen and oxygen atoms in total. The van der Waals surface area contributed by atoms with Crippen molar-refractivity contribution >= 4 is 43.3 Å². The number of nitrogens with one attached hydrogen (secondary N) is 1. The number of hydrogen-bond donors (Lipinski definition) is 1. The van der Waals surface area contributed by atoms with E-state index in [0.717, 1.165) is 5.52 Å². The molecule has 0 atom stereocenters. The van der Waals surface area contributed by atoms with E-state index in [-0.39, 0.29) is 11.4 Å². The Morgan fingerprint density at radius 3 is 2.83 bits per heavy atom. The Hall–Kier alpha value is -0.880. The monoisotopic (exact) mass is 373 g/mol. The highest BCUT2D eigenvalue weighted by atomic mass is 79.9. The Morgan fingerprint density at radius 2 is 2.17 bits per heavy atom. The first-order valence-corrected chi connectivity index (χ1v) is 7.71. The summed E-state index contributed by atoms with van der Waals surface area (Å²) in [6.07, 6.45) is 3.41. The predicted octanol–water partition coefficient (Wildman–Crippen LogP) is 2.61. The van der Waals surface area contributed by atoms with E-state index in [1.54, 1.807) is 10.7 Å². The average molecular weight is 375 g/mol. The fraction of sp³-hybridized carbons (Fsp3) is 0.333. The maximum Gasteiger partial charge on any atom is 0.255 e. The molecule has 0 saturated carbocycles. The molecule has 6 heteroatoms. The Morgan fingerprint density at radius 1 is 1.44 bits per heavy atom. The highest BCUT2D eigenvalue weighted by Gasteiger charge is 2.25. The fourth-order valence-electron chi connectivity index (χ4n) is 1.55. The van der Waals surface area contributed by atoms with Crippen molar-refractivity contribution in [2.75, 3.05) is 10.7 Å². The second-order valence-corrected chi connectivity index (χ2v) is 5.49. The van der Waals surface area contributed by atoms with Crippen molar-refractivity contribution in [2.45, 2.75) is 12.5 Å². The van der Waals surface area contributed by atoms with Crippen molar-refractivity contribution in [1.29, 1.82) is 0 Å². The van der Waals surface area contributed by atoms with Crippen LogP contribution in [0.4, 0.5) is 0 Å². The van der Waals surface area contributed by atoms with Gasteiger partial charge in [-0.1, -0.05) is 37.9 Å². The van der Waals surface area contributed by atoms with E-state index in [1.807, 2.05) is 31.3 Å². The van der Waals surface area contributed by atoms with Gasteiger partial charge in [-0.2, -0.15) is 5.10 Å². The van der Waals surface area contributed by atoms with E-state index >= 15 is 0 Å². The molecule has 2 heterocycles. The van der Waals surface area contributed by atoms with Gasteiger partial charge < -0.3 is 5.32 Å². The molecule has 2 rings (SSSR count). The third-order valence-corrected chi connectivity index (χ3v) is 5.15. The molecular weight excluding hydrogens is 362 g/mol. The minimum absolute atomic E-state index is 0.113. The first kappa shape index (κ1) is 13.5. The summed E-state index contributed by atoms with van der Waals surface area (Å²) in [5.74, 6) is -0.113. The van der Waals surface area contributed by atoms with E-state index in [0.29, 0.717) is 16.2 Å². The summed E-state index contributed by atoms with van der Waals surface area (Å²) in [6, 6.07) is 5.65. The summed E-state index contributed by atoms with van der Waals surface area (Å²) in [5, 5.41) is 8.51. The van der Waals surface area contributed by atoms with Crippen LogP contribution in [-0.2, 0) is 0 Å². The molecule has 18 heavy (non-hydrogen) atoms. The molecule has 0 radical (unpaired) electrons. The second-order valence-electron chi connectivity index (χ2n) is 4.37. The molecule has 0 aliphatic carbocycles. The van der Waals surface area contributed by atoms with Crippen LogP contribution in [0.3, 0.4) is 0 Å². The number of amides is 1. The van der Waals surface area contributed by atoms with Gasteiger partial charge in [0.25, 0.3) is 5.91 Å². The first-order chi connectivity index (χ1) is 8.59. The first-order valence-electron chi connectivity index (χ1n) is 5.46. The molecule has 0 aliphatic heterocycles. The number of fused-ring (bicyclic) bond motifs is 1. The highest BCUT2D eigenvalue weighted by molar-refractivity contribution is 9.09. The summed E-state index contributed by atoms with van der Waals surface area (Å²) in [4.78, 5) is 12.2. The number of rotatable bonds is 4. The minimum atomic E-state index is -0.319. The summed E-state index contributed by atoms with van der Waals surface area (Å²) < 4.78 is 1.69. The lowest BCUT2D eigenvalue weighted by Crippen LogP contribution is -2.48. The number of carbonyl (C=O) groups is 1. The van der Waals surface area contributed by atoms with Gasteiger partial charge in [0, 0.05) is 16.9 Å². The van der Waals surface area contributed by atoms with Crippen LogP contribution in [0.25, 0.3) is 5.52 Å². The Labute approximate surface area is 122 Å². The normalized spacial score (nSPS) is 11.7. The SMILES string of the molecule is CC(CBr)(CBr)NC(=O)c1cnn2ccccc12. The number of nitrogens with zero attached hydrogens (tertiary/aromatic N) is 2.